The van der Waals surface area contributed by atoms with E-state index in [0.717, 1.165) is 6.07 Å². The molecule has 7 nitrogen and oxygen atoms in total. The second-order valence-electron chi connectivity index (χ2n) is 6.99. The second-order valence-corrected chi connectivity index (χ2v) is 8.90. The van der Waals surface area contributed by atoms with Crippen LogP contribution in [0.2, 0.25) is 0 Å². The lowest BCUT2D eigenvalue weighted by atomic mass is 10.1. The minimum absolute atomic E-state index is 0.0863. The summed E-state index contributed by atoms with van der Waals surface area (Å²) in [5.41, 5.74) is 1.06. The largest absolute Gasteiger partial charge is 0.310 e. The molecular formula is C20H19FN4O3S. The SMILES string of the molecule is Cc1cc(F)ccc1S(=O)(=O)N1CCC(c2nc(-c3ccccn3)cc(=O)[nH]2)C1. The van der Waals surface area contributed by atoms with Gasteiger partial charge in [-0.2, -0.15) is 4.31 Å². The molecule has 0 saturated carbocycles. The number of hydrogen-bond acceptors (Lipinski definition) is 5. The number of aromatic amines is 1. The van der Waals surface area contributed by atoms with Crippen molar-refractivity contribution in [2.75, 3.05) is 13.1 Å². The van der Waals surface area contributed by atoms with Gasteiger partial charge < -0.3 is 4.98 Å². The van der Waals surface area contributed by atoms with Crippen molar-refractivity contribution in [3.63, 3.8) is 0 Å². The number of aryl methyl sites for hydroxylation is 1. The van der Waals surface area contributed by atoms with Crippen molar-refractivity contribution >= 4 is 10.0 Å². The summed E-state index contributed by atoms with van der Waals surface area (Å²) < 4.78 is 40.7. The molecule has 3 heterocycles. The maximum Gasteiger partial charge on any atom is 0.251 e. The molecule has 1 aromatic carbocycles. The van der Waals surface area contributed by atoms with Gasteiger partial charge in [0.05, 0.1) is 16.3 Å². The Kier molecular flexibility index (Phi) is 5.01. The van der Waals surface area contributed by atoms with Crippen LogP contribution in [0, 0.1) is 12.7 Å². The molecule has 3 aromatic rings. The van der Waals surface area contributed by atoms with E-state index in [1.807, 2.05) is 0 Å². The van der Waals surface area contributed by atoms with Crippen LogP contribution in [-0.4, -0.2) is 40.8 Å². The highest BCUT2D eigenvalue weighted by Crippen LogP contribution is 2.31. The molecule has 150 valence electrons. The van der Waals surface area contributed by atoms with Crippen LogP contribution in [0.15, 0.2) is 58.4 Å². The predicted octanol–water partition coefficient (Wildman–Crippen LogP) is 2.46. The number of benzene rings is 1. The zero-order chi connectivity index (χ0) is 20.6. The summed E-state index contributed by atoms with van der Waals surface area (Å²) in [4.78, 5) is 23.7. The molecule has 0 bridgehead atoms. The summed E-state index contributed by atoms with van der Waals surface area (Å²) in [6, 6.07) is 10.3. The van der Waals surface area contributed by atoms with E-state index < -0.39 is 15.8 Å². The highest BCUT2D eigenvalue weighted by atomic mass is 32.2. The Balaban J connectivity index is 1.62. The smallest absolute Gasteiger partial charge is 0.251 e. The van der Waals surface area contributed by atoms with Gasteiger partial charge >= 0.3 is 0 Å². The van der Waals surface area contributed by atoms with Gasteiger partial charge in [-0.15, -0.1) is 0 Å². The lowest BCUT2D eigenvalue weighted by Crippen LogP contribution is -2.29. The number of nitrogens with one attached hydrogen (secondary N) is 1. The Bertz CT molecular complexity index is 1210. The minimum Gasteiger partial charge on any atom is -0.310 e. The molecule has 29 heavy (non-hydrogen) atoms. The van der Waals surface area contributed by atoms with Crippen LogP contribution in [-0.2, 0) is 10.0 Å². The van der Waals surface area contributed by atoms with Gasteiger partial charge in [-0.3, -0.25) is 9.78 Å². The molecule has 1 unspecified atom stereocenters. The monoisotopic (exact) mass is 414 g/mol. The number of rotatable bonds is 4. The molecule has 1 saturated heterocycles. The molecule has 4 rings (SSSR count). The minimum atomic E-state index is -3.76. The van der Waals surface area contributed by atoms with Crippen LogP contribution in [0.1, 0.15) is 23.7 Å². The van der Waals surface area contributed by atoms with Gasteiger partial charge in [0.15, 0.2) is 0 Å². The quantitative estimate of drug-likeness (QED) is 0.708. The van der Waals surface area contributed by atoms with Crippen LogP contribution < -0.4 is 5.56 Å². The summed E-state index contributed by atoms with van der Waals surface area (Å²) in [6.07, 6.45) is 2.14. The molecule has 1 aliphatic rings. The average molecular weight is 414 g/mol. The van der Waals surface area contributed by atoms with Gasteiger partial charge in [-0.1, -0.05) is 6.07 Å². The van der Waals surface area contributed by atoms with Crippen LogP contribution in [0.3, 0.4) is 0 Å². The van der Waals surface area contributed by atoms with Gasteiger partial charge in [-0.05, 0) is 49.2 Å². The Hall–Kier alpha value is -2.91. The second kappa shape index (κ2) is 7.49. The van der Waals surface area contributed by atoms with Crippen LogP contribution in [0.4, 0.5) is 4.39 Å². The fourth-order valence-corrected chi connectivity index (χ4v) is 5.23. The number of sulfonamides is 1. The Morgan fingerprint density at radius 2 is 2.00 bits per heavy atom. The third-order valence-corrected chi connectivity index (χ3v) is 7.01. The number of H-pyrrole nitrogens is 1. The van der Waals surface area contributed by atoms with E-state index in [4.69, 9.17) is 0 Å². The first-order valence-electron chi connectivity index (χ1n) is 9.13. The maximum absolute atomic E-state index is 13.4. The first-order chi connectivity index (χ1) is 13.8. The maximum atomic E-state index is 13.4. The summed E-state index contributed by atoms with van der Waals surface area (Å²) in [7, 11) is -3.76. The van der Waals surface area contributed by atoms with E-state index in [0.29, 0.717) is 35.7 Å². The van der Waals surface area contributed by atoms with Gasteiger partial charge in [0.25, 0.3) is 5.56 Å². The highest BCUT2D eigenvalue weighted by Gasteiger charge is 2.35. The lowest BCUT2D eigenvalue weighted by Gasteiger charge is -2.18. The third kappa shape index (κ3) is 3.83. The number of hydrogen-bond donors (Lipinski definition) is 1. The molecule has 0 amide bonds. The Morgan fingerprint density at radius 1 is 1.17 bits per heavy atom. The van der Waals surface area contributed by atoms with Crippen molar-refractivity contribution in [2.45, 2.75) is 24.2 Å². The van der Waals surface area contributed by atoms with Gasteiger partial charge in [-0.25, -0.2) is 17.8 Å². The predicted molar refractivity (Wildman–Crippen MR) is 105 cm³/mol. The van der Waals surface area contributed by atoms with E-state index in [9.17, 15) is 17.6 Å². The zero-order valence-corrected chi connectivity index (χ0v) is 16.5. The van der Waals surface area contributed by atoms with Gasteiger partial charge in [0.1, 0.15) is 11.6 Å². The Labute approximate surface area is 167 Å². The summed E-state index contributed by atoms with van der Waals surface area (Å²) in [5.74, 6) is -0.289. The van der Waals surface area contributed by atoms with Gasteiger partial charge in [0, 0.05) is 31.3 Å². The van der Waals surface area contributed by atoms with Crippen molar-refractivity contribution in [1.82, 2.24) is 19.3 Å². The molecule has 0 spiro atoms. The molecule has 9 heteroatoms. The van der Waals surface area contributed by atoms with E-state index in [1.165, 1.54) is 22.5 Å². The van der Waals surface area contributed by atoms with E-state index in [1.54, 1.807) is 31.3 Å². The number of halogens is 1. The molecule has 2 aromatic heterocycles. The molecule has 1 N–H and O–H groups in total. The zero-order valence-electron chi connectivity index (χ0n) is 15.7. The summed E-state index contributed by atoms with van der Waals surface area (Å²) in [5, 5.41) is 0. The van der Waals surface area contributed by atoms with Crippen LogP contribution in [0.5, 0.6) is 0 Å². The van der Waals surface area contributed by atoms with E-state index in [-0.39, 0.29) is 22.9 Å². The van der Waals surface area contributed by atoms with Crippen LogP contribution in [0.25, 0.3) is 11.4 Å². The fraction of sp³-hybridized carbons (Fsp3) is 0.250. The average Bonchev–Trinajstić information content (AvgIpc) is 3.19. The van der Waals surface area contributed by atoms with E-state index in [2.05, 4.69) is 15.0 Å². The third-order valence-electron chi connectivity index (χ3n) is 4.98. The summed E-state index contributed by atoms with van der Waals surface area (Å²) >= 11 is 0. The lowest BCUT2D eigenvalue weighted by molar-refractivity contribution is 0.470. The molecule has 0 aliphatic carbocycles. The van der Waals surface area contributed by atoms with Crippen molar-refractivity contribution in [2.24, 2.45) is 0 Å². The van der Waals surface area contributed by atoms with E-state index >= 15 is 0 Å². The van der Waals surface area contributed by atoms with Crippen molar-refractivity contribution < 1.29 is 12.8 Å². The van der Waals surface area contributed by atoms with Crippen molar-refractivity contribution in [1.29, 1.82) is 0 Å². The molecule has 0 radical (unpaired) electrons. The summed E-state index contributed by atoms with van der Waals surface area (Å²) in [6.45, 7) is 2.05. The number of aromatic nitrogens is 3. The normalized spacial score (nSPS) is 17.5. The first-order valence-corrected chi connectivity index (χ1v) is 10.6. The number of nitrogens with zero attached hydrogens (tertiary/aromatic N) is 3. The molecular weight excluding hydrogens is 395 g/mol. The molecule has 1 aliphatic heterocycles. The highest BCUT2D eigenvalue weighted by molar-refractivity contribution is 7.89. The Morgan fingerprint density at radius 3 is 2.72 bits per heavy atom. The van der Waals surface area contributed by atoms with Crippen LogP contribution >= 0.6 is 0 Å². The first kappa shape index (κ1) is 19.4. The standard InChI is InChI=1S/C20H19FN4O3S/c1-13-10-15(21)5-6-18(13)29(27,28)25-9-7-14(12-25)20-23-17(11-19(26)24-20)16-4-2-3-8-22-16/h2-6,8,10-11,14H,7,9,12H2,1H3,(H,23,24,26). The van der Waals surface area contributed by atoms with Crippen molar-refractivity contribution in [3.8, 4) is 11.4 Å². The van der Waals surface area contributed by atoms with Crippen molar-refractivity contribution in [3.05, 3.63) is 76.2 Å². The molecule has 1 fully saturated rings. The fourth-order valence-electron chi connectivity index (χ4n) is 3.53. The topological polar surface area (TPSA) is 96.0 Å². The molecule has 1 atom stereocenters. The van der Waals surface area contributed by atoms with Gasteiger partial charge in [0.2, 0.25) is 10.0 Å². The number of pyridine rings is 1.